The Balaban J connectivity index is 1.72. The van der Waals surface area contributed by atoms with Crippen LogP contribution in [0.15, 0.2) is 51.6 Å². The molecule has 0 aliphatic rings. The molecule has 0 radical (unpaired) electrons. The van der Waals surface area contributed by atoms with Gasteiger partial charge in [0.1, 0.15) is 5.76 Å². The zero-order chi connectivity index (χ0) is 16.7. The molecule has 1 aromatic heterocycles. The maximum atomic E-state index is 11.7. The molecule has 0 fully saturated rings. The highest BCUT2D eigenvalue weighted by Gasteiger charge is 2.12. The van der Waals surface area contributed by atoms with E-state index in [1.54, 1.807) is 36.4 Å². The zero-order valence-electron chi connectivity index (χ0n) is 11.9. The lowest BCUT2D eigenvalue weighted by Gasteiger charge is -2.07. The summed E-state index contributed by atoms with van der Waals surface area (Å²) in [6.45, 7) is -0.413. The van der Waals surface area contributed by atoms with Gasteiger partial charge in [-0.15, -0.1) is 0 Å². The fourth-order valence-corrected chi connectivity index (χ4v) is 2.02. The summed E-state index contributed by atoms with van der Waals surface area (Å²) in [5, 5.41) is 4.47. The molecule has 23 heavy (non-hydrogen) atoms. The van der Waals surface area contributed by atoms with Crippen LogP contribution in [-0.4, -0.2) is 24.5 Å². The quantitative estimate of drug-likeness (QED) is 0.775. The number of halogens is 1. The maximum Gasteiger partial charge on any atom is 0.338 e. The Kier molecular flexibility index (Phi) is 5.93. The van der Waals surface area contributed by atoms with Gasteiger partial charge in [0, 0.05) is 4.47 Å². The topological polar surface area (TPSA) is 97.6 Å². The summed E-state index contributed by atoms with van der Waals surface area (Å²) < 4.78 is 10.6. The van der Waals surface area contributed by atoms with Gasteiger partial charge in [0.15, 0.2) is 6.61 Å². The predicted molar refractivity (Wildman–Crippen MR) is 83.5 cm³/mol. The minimum Gasteiger partial charge on any atom is -0.467 e. The van der Waals surface area contributed by atoms with E-state index in [1.807, 2.05) is 5.32 Å². The van der Waals surface area contributed by atoms with Crippen LogP contribution < -0.4 is 10.6 Å². The molecule has 3 amide bonds. The van der Waals surface area contributed by atoms with Gasteiger partial charge in [0.25, 0.3) is 5.91 Å². The summed E-state index contributed by atoms with van der Waals surface area (Å²) >= 11 is 3.23. The monoisotopic (exact) mass is 380 g/mol. The van der Waals surface area contributed by atoms with Crippen LogP contribution >= 0.6 is 15.9 Å². The van der Waals surface area contributed by atoms with Gasteiger partial charge >= 0.3 is 12.0 Å². The Labute approximate surface area is 140 Å². The summed E-state index contributed by atoms with van der Waals surface area (Å²) in [4.78, 5) is 34.7. The predicted octanol–water partition coefficient (Wildman–Crippen LogP) is 2.22. The highest BCUT2D eigenvalue weighted by atomic mass is 79.9. The molecule has 0 saturated carbocycles. The number of ether oxygens (including phenoxy) is 1. The number of carbonyl (C=O) groups is 3. The lowest BCUT2D eigenvalue weighted by Crippen LogP contribution is -2.41. The molecule has 0 bridgehead atoms. The average Bonchev–Trinajstić information content (AvgIpc) is 3.04. The van der Waals surface area contributed by atoms with Gasteiger partial charge in [-0.25, -0.2) is 9.59 Å². The molecule has 1 aromatic carbocycles. The van der Waals surface area contributed by atoms with Crippen molar-refractivity contribution in [3.8, 4) is 0 Å². The van der Waals surface area contributed by atoms with Crippen LogP contribution in [0.25, 0.3) is 0 Å². The summed E-state index contributed by atoms with van der Waals surface area (Å²) in [6.07, 6.45) is 1.47. The van der Waals surface area contributed by atoms with Crippen molar-refractivity contribution in [3.05, 3.63) is 58.5 Å². The van der Waals surface area contributed by atoms with Gasteiger partial charge in [0.2, 0.25) is 0 Å². The molecular weight excluding hydrogens is 368 g/mol. The second-order valence-electron chi connectivity index (χ2n) is 4.40. The van der Waals surface area contributed by atoms with E-state index in [1.165, 1.54) is 6.26 Å². The molecule has 0 aliphatic heterocycles. The average molecular weight is 381 g/mol. The first-order valence-electron chi connectivity index (χ1n) is 6.57. The largest absolute Gasteiger partial charge is 0.467 e. The molecule has 2 aromatic rings. The van der Waals surface area contributed by atoms with E-state index in [0.29, 0.717) is 15.8 Å². The van der Waals surface area contributed by atoms with Crippen molar-refractivity contribution in [3.63, 3.8) is 0 Å². The van der Waals surface area contributed by atoms with Gasteiger partial charge in [0.05, 0.1) is 18.4 Å². The van der Waals surface area contributed by atoms with Crippen LogP contribution in [-0.2, 0) is 16.1 Å². The Bertz CT molecular complexity index is 700. The number of nitrogens with one attached hydrogen (secondary N) is 2. The van der Waals surface area contributed by atoms with Crippen LogP contribution in [0.3, 0.4) is 0 Å². The van der Waals surface area contributed by atoms with E-state index < -0.39 is 24.5 Å². The Morgan fingerprint density at radius 3 is 2.70 bits per heavy atom. The van der Waals surface area contributed by atoms with E-state index >= 15 is 0 Å². The number of rotatable bonds is 5. The third kappa shape index (κ3) is 5.59. The van der Waals surface area contributed by atoms with Crippen molar-refractivity contribution < 1.29 is 23.5 Å². The van der Waals surface area contributed by atoms with E-state index in [-0.39, 0.29) is 6.54 Å². The minimum absolute atomic E-state index is 0.143. The molecule has 0 unspecified atom stereocenters. The SMILES string of the molecule is O=C(COC(=O)c1cccc(Br)c1)NC(=O)NCc1ccco1. The fraction of sp³-hybridized carbons (Fsp3) is 0.133. The van der Waals surface area contributed by atoms with E-state index in [2.05, 4.69) is 21.2 Å². The summed E-state index contributed by atoms with van der Waals surface area (Å²) in [6, 6.07) is 9.21. The van der Waals surface area contributed by atoms with Crippen LogP contribution in [0, 0.1) is 0 Å². The molecule has 1 heterocycles. The lowest BCUT2D eigenvalue weighted by atomic mass is 10.2. The number of hydrogen-bond donors (Lipinski definition) is 2. The molecule has 0 atom stereocenters. The number of carbonyl (C=O) groups excluding carboxylic acids is 3. The van der Waals surface area contributed by atoms with Gasteiger partial charge in [-0.05, 0) is 30.3 Å². The molecular formula is C15H13BrN2O5. The van der Waals surface area contributed by atoms with Crippen LogP contribution in [0.5, 0.6) is 0 Å². The summed E-state index contributed by atoms with van der Waals surface area (Å²) in [7, 11) is 0. The van der Waals surface area contributed by atoms with Crippen LogP contribution in [0.4, 0.5) is 4.79 Å². The Morgan fingerprint density at radius 1 is 1.17 bits per heavy atom. The molecule has 0 saturated heterocycles. The van der Waals surface area contributed by atoms with Crippen LogP contribution in [0.2, 0.25) is 0 Å². The number of esters is 1. The first-order valence-corrected chi connectivity index (χ1v) is 7.36. The number of furan rings is 1. The van der Waals surface area contributed by atoms with E-state index in [9.17, 15) is 14.4 Å². The maximum absolute atomic E-state index is 11.7. The van der Waals surface area contributed by atoms with E-state index in [0.717, 1.165) is 0 Å². The minimum atomic E-state index is -0.731. The second-order valence-corrected chi connectivity index (χ2v) is 5.31. The second kappa shape index (κ2) is 8.14. The molecule has 8 heteroatoms. The first-order chi connectivity index (χ1) is 11.0. The number of amides is 3. The molecule has 2 rings (SSSR count). The van der Waals surface area contributed by atoms with Crippen molar-refractivity contribution >= 4 is 33.8 Å². The van der Waals surface area contributed by atoms with Crippen molar-refractivity contribution in [2.75, 3.05) is 6.61 Å². The molecule has 2 N–H and O–H groups in total. The van der Waals surface area contributed by atoms with Gasteiger partial charge in [-0.2, -0.15) is 0 Å². The van der Waals surface area contributed by atoms with Crippen molar-refractivity contribution in [2.45, 2.75) is 6.54 Å². The number of urea groups is 1. The van der Waals surface area contributed by atoms with Crippen molar-refractivity contribution in [2.24, 2.45) is 0 Å². The van der Waals surface area contributed by atoms with Crippen molar-refractivity contribution in [1.29, 1.82) is 0 Å². The number of hydrogen-bond acceptors (Lipinski definition) is 5. The summed E-state index contributed by atoms with van der Waals surface area (Å²) in [5.74, 6) is -0.837. The van der Waals surface area contributed by atoms with Gasteiger partial charge in [-0.3, -0.25) is 10.1 Å². The van der Waals surface area contributed by atoms with Gasteiger partial charge < -0.3 is 14.5 Å². The first kappa shape index (κ1) is 16.8. The Hall–Kier alpha value is -2.61. The number of benzene rings is 1. The zero-order valence-corrected chi connectivity index (χ0v) is 13.5. The fourth-order valence-electron chi connectivity index (χ4n) is 1.62. The van der Waals surface area contributed by atoms with Crippen LogP contribution in [0.1, 0.15) is 16.1 Å². The molecule has 7 nitrogen and oxygen atoms in total. The van der Waals surface area contributed by atoms with E-state index in [4.69, 9.17) is 9.15 Å². The smallest absolute Gasteiger partial charge is 0.338 e. The molecule has 0 aliphatic carbocycles. The highest BCUT2D eigenvalue weighted by Crippen LogP contribution is 2.12. The third-order valence-electron chi connectivity index (χ3n) is 2.65. The summed E-state index contributed by atoms with van der Waals surface area (Å²) in [5.41, 5.74) is 0.300. The Morgan fingerprint density at radius 2 is 2.00 bits per heavy atom. The van der Waals surface area contributed by atoms with Gasteiger partial charge in [-0.1, -0.05) is 22.0 Å². The number of imide groups is 1. The van der Waals surface area contributed by atoms with Crippen molar-refractivity contribution in [1.82, 2.24) is 10.6 Å². The standard InChI is InChI=1S/C15H13BrN2O5/c16-11-4-1-3-10(7-11)14(20)23-9-13(19)18-15(21)17-8-12-5-2-6-22-12/h1-7H,8-9H2,(H2,17,18,19,21). The lowest BCUT2D eigenvalue weighted by molar-refractivity contribution is -0.123. The molecule has 0 spiro atoms. The molecule has 120 valence electrons. The highest BCUT2D eigenvalue weighted by molar-refractivity contribution is 9.10. The normalized spacial score (nSPS) is 9.96. The third-order valence-corrected chi connectivity index (χ3v) is 3.14.